The molecule has 0 spiro atoms. The maximum atomic E-state index is 14.2. The summed E-state index contributed by atoms with van der Waals surface area (Å²) in [4.78, 5) is 86.4. The van der Waals surface area contributed by atoms with Crippen LogP contribution in [0, 0.1) is 0 Å². The number of imide groups is 2. The molecule has 2 aliphatic heterocycles. The van der Waals surface area contributed by atoms with Gasteiger partial charge in [0.25, 0.3) is 23.6 Å². The lowest BCUT2D eigenvalue weighted by atomic mass is 9.85. The highest BCUT2D eigenvalue weighted by Crippen LogP contribution is 2.40. The van der Waals surface area contributed by atoms with E-state index in [4.69, 9.17) is 0 Å². The second kappa shape index (κ2) is 13.6. The Balaban J connectivity index is 0.788. The third-order valence-electron chi connectivity index (χ3n) is 13.6. The predicted molar refractivity (Wildman–Crippen MR) is 248 cm³/mol. The van der Waals surface area contributed by atoms with Gasteiger partial charge in [-0.05, 0) is 114 Å². The zero-order valence-corrected chi connectivity index (χ0v) is 34.6. The highest BCUT2D eigenvalue weighted by molar-refractivity contribution is 6.34. The van der Waals surface area contributed by atoms with E-state index in [1.165, 1.54) is 38.1 Å². The molecule has 2 aliphatic rings. The summed E-state index contributed by atoms with van der Waals surface area (Å²) in [7, 11) is 0. The largest absolute Gasteiger partial charge is 0.350 e. The summed E-state index contributed by atoms with van der Waals surface area (Å²) >= 11 is 0. The van der Waals surface area contributed by atoms with Crippen LogP contribution in [-0.4, -0.2) is 57.3 Å². The zero-order valence-electron chi connectivity index (χ0n) is 34.6. The molecule has 0 bridgehead atoms. The van der Waals surface area contributed by atoms with Crippen molar-refractivity contribution in [3.63, 3.8) is 0 Å². The standard InChI is InChI=1S/C54H36N4O6/c1-27(49(59)55-25-35-15-13-33-11-9-29-5-3-7-31-17-19-37(35)45(33)43(29)31)57-51(61)39-21-23-41-48-42(24-22-40(47(39)48)52(57)62)54(64)58(53(41)63)28(2)50(60)56-26-36-16-14-34-12-10-30-6-4-8-32-18-20-38(36)46(34)44(30)32/h3-24,27-28H,25-26H2,1-2H3,(H,55,59)(H,56,60)/t27-,28-/m0/s1. The molecule has 0 aliphatic carbocycles. The number of hydrogen-bond acceptors (Lipinski definition) is 6. The zero-order chi connectivity index (χ0) is 43.7. The SMILES string of the molecule is C[C@@H](C(=O)NCc1ccc2ccc3cccc4ccc1c2c34)N1C(=O)c2ccc3c4c(ccc(c24)C1=O)C(=O)N([C@@H](C)C(=O)NCc1ccc2ccc4cccc5ccc1c2c45)C3=O. The normalized spacial score (nSPS) is 14.9. The first-order valence-corrected chi connectivity index (χ1v) is 21.3. The predicted octanol–water partition coefficient (Wildman–Crippen LogP) is 9.24. The lowest BCUT2D eigenvalue weighted by molar-refractivity contribution is -0.125. The van der Waals surface area contributed by atoms with E-state index >= 15 is 0 Å². The smallest absolute Gasteiger partial charge is 0.262 e. The van der Waals surface area contributed by atoms with Gasteiger partial charge in [0.05, 0.1) is 0 Å². The van der Waals surface area contributed by atoms with Crippen molar-refractivity contribution in [3.8, 4) is 0 Å². The summed E-state index contributed by atoms with van der Waals surface area (Å²) in [5.74, 6) is -3.90. The Morgan fingerprint density at radius 3 is 1.03 bits per heavy atom. The van der Waals surface area contributed by atoms with E-state index in [2.05, 4.69) is 83.4 Å². The molecule has 64 heavy (non-hydrogen) atoms. The van der Waals surface area contributed by atoms with Crippen molar-refractivity contribution in [1.82, 2.24) is 20.4 Å². The minimum Gasteiger partial charge on any atom is -0.350 e. The summed E-state index contributed by atoms with van der Waals surface area (Å²) in [5.41, 5.74) is 2.16. The minimum absolute atomic E-state index is 0.0924. The van der Waals surface area contributed by atoms with Crippen molar-refractivity contribution in [1.29, 1.82) is 0 Å². The number of nitrogens with zero attached hydrogens (tertiary/aromatic N) is 2. The third kappa shape index (κ3) is 5.19. The summed E-state index contributed by atoms with van der Waals surface area (Å²) in [5, 5.41) is 19.5. The van der Waals surface area contributed by atoms with Gasteiger partial charge in [-0.25, -0.2) is 0 Å². The van der Waals surface area contributed by atoms with Gasteiger partial charge in [-0.1, -0.05) is 109 Å². The number of carbonyl (C=O) groups is 6. The molecule has 10 aromatic rings. The Labute approximate surface area is 364 Å². The first-order valence-electron chi connectivity index (χ1n) is 21.3. The van der Waals surface area contributed by atoms with Gasteiger partial charge >= 0.3 is 0 Å². The van der Waals surface area contributed by atoms with Crippen molar-refractivity contribution < 1.29 is 28.8 Å². The van der Waals surface area contributed by atoms with Crippen LogP contribution in [0.3, 0.4) is 0 Å². The van der Waals surface area contributed by atoms with Crippen molar-refractivity contribution in [2.75, 3.05) is 0 Å². The average molecular weight is 837 g/mol. The molecule has 0 aromatic heterocycles. The molecule has 12 rings (SSSR count). The molecule has 10 aromatic carbocycles. The topological polar surface area (TPSA) is 133 Å². The van der Waals surface area contributed by atoms with Gasteiger partial charge < -0.3 is 10.6 Å². The summed E-state index contributed by atoms with van der Waals surface area (Å²) in [6, 6.07) is 40.5. The Kier molecular flexibility index (Phi) is 7.99. The molecule has 10 nitrogen and oxygen atoms in total. The van der Waals surface area contributed by atoms with E-state index in [9.17, 15) is 28.8 Å². The lowest BCUT2D eigenvalue weighted by Gasteiger charge is -2.35. The van der Waals surface area contributed by atoms with Crippen LogP contribution in [0.25, 0.3) is 75.4 Å². The fraction of sp³-hybridized carbons (Fsp3) is 0.111. The fourth-order valence-electron chi connectivity index (χ4n) is 10.4. The molecule has 0 unspecified atom stereocenters. The van der Waals surface area contributed by atoms with Crippen LogP contribution in [0.5, 0.6) is 0 Å². The van der Waals surface area contributed by atoms with Gasteiger partial charge in [0.2, 0.25) is 11.8 Å². The molecule has 10 heteroatoms. The molecule has 2 atom stereocenters. The first-order chi connectivity index (χ1) is 31.1. The summed E-state index contributed by atoms with van der Waals surface area (Å²) in [6.45, 7) is 3.35. The van der Waals surface area contributed by atoms with Gasteiger partial charge in [-0.15, -0.1) is 0 Å². The third-order valence-corrected chi connectivity index (χ3v) is 13.6. The molecular weight excluding hydrogens is 801 g/mol. The molecule has 0 radical (unpaired) electrons. The summed E-state index contributed by atoms with van der Waals surface area (Å²) < 4.78 is 0. The van der Waals surface area contributed by atoms with Crippen LogP contribution in [0.2, 0.25) is 0 Å². The van der Waals surface area contributed by atoms with Gasteiger partial charge in [0.15, 0.2) is 0 Å². The second-order valence-corrected chi connectivity index (χ2v) is 17.0. The first kappa shape index (κ1) is 37.5. The quantitative estimate of drug-likeness (QED) is 0.116. The molecule has 308 valence electrons. The number of nitrogens with one attached hydrogen (secondary N) is 2. The molecule has 0 saturated heterocycles. The summed E-state index contributed by atoms with van der Waals surface area (Å²) in [6.07, 6.45) is 0. The lowest BCUT2D eigenvalue weighted by Crippen LogP contribution is -2.53. The van der Waals surface area contributed by atoms with Crippen molar-refractivity contribution in [2.45, 2.75) is 39.0 Å². The van der Waals surface area contributed by atoms with Crippen LogP contribution < -0.4 is 10.6 Å². The van der Waals surface area contributed by atoms with Crippen LogP contribution in [0.4, 0.5) is 0 Å². The van der Waals surface area contributed by atoms with E-state index in [1.54, 1.807) is 0 Å². The minimum atomic E-state index is -1.19. The number of amides is 6. The van der Waals surface area contributed by atoms with Crippen molar-refractivity contribution >= 4 is 111 Å². The number of hydrogen-bond donors (Lipinski definition) is 2. The molecular formula is C54H36N4O6. The molecule has 0 saturated carbocycles. The highest BCUT2D eigenvalue weighted by Gasteiger charge is 2.44. The maximum absolute atomic E-state index is 14.2. The monoisotopic (exact) mass is 836 g/mol. The Bertz CT molecular complexity index is 3420. The van der Waals surface area contributed by atoms with Gasteiger partial charge in [0, 0.05) is 46.1 Å². The van der Waals surface area contributed by atoms with Gasteiger partial charge in [-0.3, -0.25) is 38.6 Å². The molecule has 2 N–H and O–H groups in total. The number of carbonyl (C=O) groups excluding carboxylic acids is 6. The van der Waals surface area contributed by atoms with Crippen LogP contribution in [0.15, 0.2) is 133 Å². The van der Waals surface area contributed by atoms with Crippen molar-refractivity contribution in [2.24, 2.45) is 0 Å². The molecule has 2 heterocycles. The Morgan fingerprint density at radius 2 is 0.688 bits per heavy atom. The van der Waals surface area contributed by atoms with Crippen LogP contribution >= 0.6 is 0 Å². The van der Waals surface area contributed by atoms with Crippen LogP contribution in [0.1, 0.15) is 66.4 Å². The van der Waals surface area contributed by atoms with E-state index in [-0.39, 0.29) is 46.1 Å². The van der Waals surface area contributed by atoms with Crippen molar-refractivity contribution in [3.05, 3.63) is 167 Å². The highest BCUT2D eigenvalue weighted by atomic mass is 16.2. The maximum Gasteiger partial charge on any atom is 0.262 e. The van der Waals surface area contributed by atoms with E-state index in [0.717, 1.165) is 85.6 Å². The molecule has 6 amide bonds. The number of rotatable bonds is 8. The second-order valence-electron chi connectivity index (χ2n) is 17.0. The van der Waals surface area contributed by atoms with Gasteiger partial charge in [-0.2, -0.15) is 0 Å². The van der Waals surface area contributed by atoms with Crippen LogP contribution in [-0.2, 0) is 22.7 Å². The average Bonchev–Trinajstić information content (AvgIpc) is 3.32. The Morgan fingerprint density at radius 1 is 0.391 bits per heavy atom. The Hall–Kier alpha value is -8.24. The van der Waals surface area contributed by atoms with Gasteiger partial charge in [0.1, 0.15) is 12.1 Å². The fourth-order valence-corrected chi connectivity index (χ4v) is 10.4. The van der Waals surface area contributed by atoms with E-state index in [1.807, 2.05) is 36.4 Å². The molecule has 0 fully saturated rings. The van der Waals surface area contributed by atoms with E-state index in [0.29, 0.717) is 0 Å². The number of benzene rings is 10. The van der Waals surface area contributed by atoms with E-state index < -0.39 is 47.5 Å².